The summed E-state index contributed by atoms with van der Waals surface area (Å²) in [4.78, 5) is 23.5. The Morgan fingerprint density at radius 1 is 1.06 bits per heavy atom. The number of rotatable bonds is 9. The van der Waals surface area contributed by atoms with Crippen LogP contribution in [-0.4, -0.2) is 32.9 Å². The van der Waals surface area contributed by atoms with Gasteiger partial charge in [-0.3, -0.25) is 19.2 Å². The van der Waals surface area contributed by atoms with Gasteiger partial charge in [-0.05, 0) is 41.8 Å². The summed E-state index contributed by atoms with van der Waals surface area (Å²) in [6.45, 7) is 3.49. The average molecular weight is 484 g/mol. The number of nitro groups is 1. The number of carbonyl (C=O) groups is 1. The van der Waals surface area contributed by atoms with E-state index in [1.165, 1.54) is 31.4 Å². The molecule has 9 nitrogen and oxygen atoms in total. The van der Waals surface area contributed by atoms with Gasteiger partial charge < -0.3 is 10.1 Å². The minimum Gasteiger partial charge on any atom is -0.495 e. The molecule has 0 bridgehead atoms. The number of non-ortho nitro benzene ring substituents is 1. The summed E-state index contributed by atoms with van der Waals surface area (Å²) in [5.74, 6) is -0.234. The highest BCUT2D eigenvalue weighted by molar-refractivity contribution is 7.92. The van der Waals surface area contributed by atoms with E-state index in [0.717, 1.165) is 15.9 Å². The Labute approximate surface area is 198 Å². The molecule has 0 aliphatic heterocycles. The highest BCUT2D eigenvalue weighted by atomic mass is 32.2. The molecule has 0 aliphatic rings. The second kappa shape index (κ2) is 10.3. The third-order valence-electron chi connectivity index (χ3n) is 5.13. The Morgan fingerprint density at radius 3 is 2.26 bits per heavy atom. The van der Waals surface area contributed by atoms with E-state index in [-0.39, 0.29) is 27.9 Å². The normalized spacial score (nSPS) is 11.2. The zero-order valence-corrected chi connectivity index (χ0v) is 19.8. The maximum Gasteiger partial charge on any atom is 0.271 e. The maximum absolute atomic E-state index is 13.4. The SMILES string of the molecule is COc1ccc([N+](=O)[O-])cc1NC(=O)CN(c1ccc(C(C)C)cc1)S(=O)(=O)c1ccccc1. The number of benzene rings is 3. The molecular weight excluding hydrogens is 458 g/mol. The van der Waals surface area contributed by atoms with Crippen LogP contribution in [0.15, 0.2) is 77.7 Å². The fourth-order valence-electron chi connectivity index (χ4n) is 3.29. The number of hydrogen-bond donors (Lipinski definition) is 1. The lowest BCUT2D eigenvalue weighted by atomic mass is 10.0. The molecule has 0 aromatic heterocycles. The molecular formula is C24H25N3O6S. The van der Waals surface area contributed by atoms with Crippen LogP contribution in [0.2, 0.25) is 0 Å². The molecule has 10 heteroatoms. The third kappa shape index (κ3) is 5.52. The lowest BCUT2D eigenvalue weighted by Gasteiger charge is -2.24. The predicted octanol–water partition coefficient (Wildman–Crippen LogP) is 4.56. The number of ether oxygens (including phenoxy) is 1. The van der Waals surface area contributed by atoms with E-state index in [0.29, 0.717) is 5.69 Å². The topological polar surface area (TPSA) is 119 Å². The molecule has 34 heavy (non-hydrogen) atoms. The standard InChI is InChI=1S/C24H25N3O6S/c1-17(2)18-9-11-19(12-10-18)26(34(31,32)21-7-5-4-6-8-21)16-24(28)25-22-15-20(27(29)30)13-14-23(22)33-3/h4-15,17H,16H2,1-3H3,(H,25,28). The molecule has 3 aromatic rings. The third-order valence-corrected chi connectivity index (χ3v) is 6.92. The molecule has 0 saturated carbocycles. The molecule has 1 amide bonds. The van der Waals surface area contributed by atoms with Crippen LogP contribution in [-0.2, 0) is 14.8 Å². The first-order valence-electron chi connectivity index (χ1n) is 10.4. The van der Waals surface area contributed by atoms with Gasteiger partial charge in [0.15, 0.2) is 0 Å². The molecule has 178 valence electrons. The van der Waals surface area contributed by atoms with Crippen LogP contribution in [0.5, 0.6) is 5.75 Å². The molecule has 0 spiro atoms. The summed E-state index contributed by atoms with van der Waals surface area (Å²) in [6, 6.07) is 18.5. The van der Waals surface area contributed by atoms with Crippen molar-refractivity contribution in [2.75, 3.05) is 23.3 Å². The Balaban J connectivity index is 1.97. The van der Waals surface area contributed by atoms with Crippen molar-refractivity contribution in [3.8, 4) is 5.75 Å². The van der Waals surface area contributed by atoms with Gasteiger partial charge in [-0.25, -0.2) is 8.42 Å². The van der Waals surface area contributed by atoms with Crippen LogP contribution in [0, 0.1) is 10.1 Å². The van der Waals surface area contributed by atoms with Crippen LogP contribution in [0.3, 0.4) is 0 Å². The fourth-order valence-corrected chi connectivity index (χ4v) is 4.73. The number of sulfonamides is 1. The molecule has 0 fully saturated rings. The van der Waals surface area contributed by atoms with E-state index >= 15 is 0 Å². The van der Waals surface area contributed by atoms with E-state index in [1.807, 2.05) is 26.0 Å². The molecule has 0 heterocycles. The Hall–Kier alpha value is -3.92. The number of hydrogen-bond acceptors (Lipinski definition) is 6. The highest BCUT2D eigenvalue weighted by Gasteiger charge is 2.27. The van der Waals surface area contributed by atoms with Gasteiger partial charge in [-0.15, -0.1) is 0 Å². The van der Waals surface area contributed by atoms with Crippen molar-refractivity contribution in [1.29, 1.82) is 0 Å². The van der Waals surface area contributed by atoms with Crippen LogP contribution in [0.1, 0.15) is 25.3 Å². The summed E-state index contributed by atoms with van der Waals surface area (Å²) in [7, 11) is -2.72. The second-order valence-electron chi connectivity index (χ2n) is 7.76. The van der Waals surface area contributed by atoms with E-state index < -0.39 is 27.4 Å². The summed E-state index contributed by atoms with van der Waals surface area (Å²) >= 11 is 0. The van der Waals surface area contributed by atoms with Crippen LogP contribution < -0.4 is 14.4 Å². The van der Waals surface area contributed by atoms with Gasteiger partial charge in [0.25, 0.3) is 15.7 Å². The largest absolute Gasteiger partial charge is 0.495 e. The summed E-state index contributed by atoms with van der Waals surface area (Å²) in [5.41, 5.74) is 1.16. The number of methoxy groups -OCH3 is 1. The fraction of sp³-hybridized carbons (Fsp3) is 0.208. The minimum atomic E-state index is -4.08. The quantitative estimate of drug-likeness (QED) is 0.352. The van der Waals surface area contributed by atoms with Crippen molar-refractivity contribution >= 4 is 33.0 Å². The lowest BCUT2D eigenvalue weighted by Crippen LogP contribution is -2.38. The van der Waals surface area contributed by atoms with Gasteiger partial charge in [0, 0.05) is 12.1 Å². The summed E-state index contributed by atoms with van der Waals surface area (Å²) < 4.78 is 33.1. The van der Waals surface area contributed by atoms with Crippen molar-refractivity contribution in [1.82, 2.24) is 0 Å². The van der Waals surface area contributed by atoms with E-state index in [1.54, 1.807) is 30.3 Å². The summed E-state index contributed by atoms with van der Waals surface area (Å²) in [6.07, 6.45) is 0. The molecule has 0 saturated heterocycles. The van der Waals surface area contributed by atoms with Gasteiger partial charge >= 0.3 is 0 Å². The number of nitrogens with zero attached hydrogens (tertiary/aromatic N) is 2. The van der Waals surface area contributed by atoms with Crippen molar-refractivity contribution in [3.63, 3.8) is 0 Å². The van der Waals surface area contributed by atoms with Crippen molar-refractivity contribution in [2.45, 2.75) is 24.7 Å². The van der Waals surface area contributed by atoms with Gasteiger partial charge in [0.2, 0.25) is 5.91 Å². The van der Waals surface area contributed by atoms with Crippen molar-refractivity contribution in [3.05, 3.63) is 88.5 Å². The smallest absolute Gasteiger partial charge is 0.271 e. The summed E-state index contributed by atoms with van der Waals surface area (Å²) in [5, 5.41) is 13.7. The van der Waals surface area contributed by atoms with Crippen molar-refractivity contribution < 1.29 is 22.9 Å². The van der Waals surface area contributed by atoms with Gasteiger partial charge in [0.1, 0.15) is 12.3 Å². The molecule has 0 aliphatic carbocycles. The average Bonchev–Trinajstić information content (AvgIpc) is 2.83. The van der Waals surface area contributed by atoms with Gasteiger partial charge in [-0.2, -0.15) is 0 Å². The highest BCUT2D eigenvalue weighted by Crippen LogP contribution is 2.30. The van der Waals surface area contributed by atoms with Crippen LogP contribution in [0.4, 0.5) is 17.1 Å². The molecule has 0 unspecified atom stereocenters. The predicted molar refractivity (Wildman–Crippen MR) is 130 cm³/mol. The molecule has 3 rings (SSSR count). The number of nitro benzene ring substituents is 1. The zero-order chi connectivity index (χ0) is 24.9. The first-order valence-corrected chi connectivity index (χ1v) is 11.9. The Morgan fingerprint density at radius 2 is 1.71 bits per heavy atom. The number of nitrogens with one attached hydrogen (secondary N) is 1. The Kier molecular flexibility index (Phi) is 7.52. The van der Waals surface area contributed by atoms with E-state index in [2.05, 4.69) is 5.32 Å². The van der Waals surface area contributed by atoms with E-state index in [9.17, 15) is 23.3 Å². The number of amides is 1. The van der Waals surface area contributed by atoms with Gasteiger partial charge in [-0.1, -0.05) is 44.2 Å². The second-order valence-corrected chi connectivity index (χ2v) is 9.62. The van der Waals surface area contributed by atoms with E-state index in [4.69, 9.17) is 4.74 Å². The minimum absolute atomic E-state index is 0.0312. The first kappa shape index (κ1) is 24.7. The monoisotopic (exact) mass is 483 g/mol. The maximum atomic E-state index is 13.4. The lowest BCUT2D eigenvalue weighted by molar-refractivity contribution is -0.384. The van der Waals surface area contributed by atoms with Crippen molar-refractivity contribution in [2.24, 2.45) is 0 Å². The zero-order valence-electron chi connectivity index (χ0n) is 19.0. The van der Waals surface area contributed by atoms with Crippen LogP contribution in [0.25, 0.3) is 0 Å². The van der Waals surface area contributed by atoms with Crippen LogP contribution >= 0.6 is 0 Å². The Bertz CT molecular complexity index is 1280. The molecule has 0 radical (unpaired) electrons. The number of anilines is 2. The molecule has 3 aromatic carbocycles. The van der Waals surface area contributed by atoms with Gasteiger partial charge in [0.05, 0.1) is 28.3 Å². The first-order chi connectivity index (χ1) is 16.1. The molecule has 1 N–H and O–H groups in total. The molecule has 0 atom stereocenters. The number of carbonyl (C=O) groups excluding carboxylic acids is 1.